The summed E-state index contributed by atoms with van der Waals surface area (Å²) in [5.74, 6) is -0.906. The van der Waals surface area contributed by atoms with Gasteiger partial charge in [0, 0.05) is 6.54 Å². The summed E-state index contributed by atoms with van der Waals surface area (Å²) in [4.78, 5) is 22.8. The highest BCUT2D eigenvalue weighted by Gasteiger charge is 2.23. The number of aldehydes is 1. The molecule has 2 unspecified atom stereocenters. The summed E-state index contributed by atoms with van der Waals surface area (Å²) < 4.78 is 27.5. The third-order valence-electron chi connectivity index (χ3n) is 4.60. The van der Waals surface area contributed by atoms with Crippen LogP contribution in [-0.2, 0) is 19.6 Å². The van der Waals surface area contributed by atoms with Crippen LogP contribution in [0.1, 0.15) is 26.7 Å². The van der Waals surface area contributed by atoms with Gasteiger partial charge in [-0.25, -0.2) is 13.1 Å². The molecule has 3 N–H and O–H groups in total. The zero-order valence-corrected chi connectivity index (χ0v) is 17.9. The Morgan fingerprint density at radius 1 is 1.03 bits per heavy atom. The van der Waals surface area contributed by atoms with E-state index in [-0.39, 0.29) is 23.8 Å². The molecule has 8 heteroatoms. The molecule has 0 spiro atoms. The van der Waals surface area contributed by atoms with E-state index in [1.54, 1.807) is 12.1 Å². The molecule has 0 aliphatic carbocycles. The second-order valence-electron chi connectivity index (χ2n) is 7.51. The van der Waals surface area contributed by atoms with Crippen molar-refractivity contribution in [3.63, 3.8) is 0 Å². The highest BCUT2D eigenvalue weighted by atomic mass is 32.2. The van der Waals surface area contributed by atoms with E-state index in [2.05, 4.69) is 10.0 Å². The van der Waals surface area contributed by atoms with E-state index < -0.39 is 28.1 Å². The molecule has 0 heterocycles. The maximum absolute atomic E-state index is 12.5. The number of hydrogen-bond acceptors (Lipinski definition) is 5. The van der Waals surface area contributed by atoms with Crippen molar-refractivity contribution in [2.24, 2.45) is 5.92 Å². The first-order valence-corrected chi connectivity index (χ1v) is 11.3. The number of carboxylic acid groups (broad SMARTS) is 1. The Hall–Kier alpha value is -2.55. The minimum atomic E-state index is -3.77. The monoisotopic (exact) mass is 432 g/mol. The molecule has 0 aliphatic heterocycles. The molecule has 0 saturated heterocycles. The van der Waals surface area contributed by atoms with E-state index >= 15 is 0 Å². The molecule has 2 atom stereocenters. The van der Waals surface area contributed by atoms with Crippen LogP contribution in [0.25, 0.3) is 11.1 Å². The van der Waals surface area contributed by atoms with Crippen LogP contribution in [0, 0.1) is 5.92 Å². The molecule has 0 aliphatic rings. The second kappa shape index (κ2) is 11.0. The van der Waals surface area contributed by atoms with Crippen LogP contribution in [0.15, 0.2) is 59.5 Å². The van der Waals surface area contributed by atoms with Crippen LogP contribution < -0.4 is 10.0 Å². The lowest BCUT2D eigenvalue weighted by atomic mass is 10.0. The summed E-state index contributed by atoms with van der Waals surface area (Å²) in [5.41, 5.74) is 1.88. The molecule has 2 aromatic carbocycles. The molecule has 0 bridgehead atoms. The van der Waals surface area contributed by atoms with Crippen LogP contribution in [-0.4, -0.2) is 44.4 Å². The number of sulfonamides is 1. The topological polar surface area (TPSA) is 113 Å². The fraction of sp³-hybridized carbons (Fsp3) is 0.364. The standard InChI is InChI=1S/C22H28N2O5S/c1-16(2)14-19(15-25)24-21(22(26)27)12-13-23-30(28,29)20-10-8-18(9-11-20)17-6-4-3-5-7-17/h3-11,15-16,19,21,23-24H,12-14H2,1-2H3,(H,26,27). The Labute approximate surface area is 177 Å². The predicted molar refractivity (Wildman–Crippen MR) is 116 cm³/mol. The maximum Gasteiger partial charge on any atom is 0.320 e. The van der Waals surface area contributed by atoms with Gasteiger partial charge >= 0.3 is 5.97 Å². The van der Waals surface area contributed by atoms with Gasteiger partial charge in [-0.2, -0.15) is 0 Å². The van der Waals surface area contributed by atoms with Crippen LogP contribution in [0.4, 0.5) is 0 Å². The first-order chi connectivity index (χ1) is 14.2. The highest BCUT2D eigenvalue weighted by Crippen LogP contribution is 2.21. The van der Waals surface area contributed by atoms with Gasteiger partial charge in [-0.1, -0.05) is 56.3 Å². The molecular weight excluding hydrogens is 404 g/mol. The van der Waals surface area contributed by atoms with Crippen LogP contribution in [0.5, 0.6) is 0 Å². The lowest BCUT2D eigenvalue weighted by Gasteiger charge is -2.20. The van der Waals surface area contributed by atoms with Crippen molar-refractivity contribution in [3.05, 3.63) is 54.6 Å². The molecule has 0 amide bonds. The summed E-state index contributed by atoms with van der Waals surface area (Å²) in [6, 6.07) is 14.5. The van der Waals surface area contributed by atoms with Gasteiger partial charge in [-0.3, -0.25) is 10.1 Å². The summed E-state index contributed by atoms with van der Waals surface area (Å²) in [6.45, 7) is 3.80. The number of benzene rings is 2. The van der Waals surface area contributed by atoms with Crippen molar-refractivity contribution in [3.8, 4) is 11.1 Å². The molecule has 2 aromatic rings. The molecule has 0 saturated carbocycles. The van der Waals surface area contributed by atoms with E-state index in [0.717, 1.165) is 11.1 Å². The fourth-order valence-corrected chi connectivity index (χ4v) is 4.13. The Bertz CT molecular complexity index is 928. The van der Waals surface area contributed by atoms with Crippen molar-refractivity contribution in [2.75, 3.05) is 6.54 Å². The highest BCUT2D eigenvalue weighted by molar-refractivity contribution is 7.89. The van der Waals surface area contributed by atoms with Crippen molar-refractivity contribution < 1.29 is 23.1 Å². The Morgan fingerprint density at radius 3 is 2.17 bits per heavy atom. The normalized spacial score (nSPS) is 13.7. The van der Waals surface area contributed by atoms with Gasteiger partial charge in [0.25, 0.3) is 0 Å². The zero-order chi connectivity index (χ0) is 22.1. The van der Waals surface area contributed by atoms with Gasteiger partial charge < -0.3 is 9.90 Å². The Balaban J connectivity index is 1.97. The number of carboxylic acids is 1. The fourth-order valence-electron chi connectivity index (χ4n) is 3.09. The molecule has 7 nitrogen and oxygen atoms in total. The maximum atomic E-state index is 12.5. The smallest absolute Gasteiger partial charge is 0.320 e. The zero-order valence-electron chi connectivity index (χ0n) is 17.1. The van der Waals surface area contributed by atoms with E-state index in [1.165, 1.54) is 12.1 Å². The van der Waals surface area contributed by atoms with E-state index in [1.807, 2.05) is 44.2 Å². The predicted octanol–water partition coefficient (Wildman–Crippen LogP) is 2.68. The summed E-state index contributed by atoms with van der Waals surface area (Å²) in [7, 11) is -3.77. The summed E-state index contributed by atoms with van der Waals surface area (Å²) in [6.07, 6.45) is 1.21. The number of aliphatic carboxylic acids is 1. The number of rotatable bonds is 12. The molecule has 0 fully saturated rings. The Morgan fingerprint density at radius 2 is 1.63 bits per heavy atom. The average Bonchev–Trinajstić information content (AvgIpc) is 2.72. The number of carbonyl (C=O) groups excluding carboxylic acids is 1. The third kappa shape index (κ3) is 7.05. The molecular formula is C22H28N2O5S. The van der Waals surface area contributed by atoms with Crippen molar-refractivity contribution in [2.45, 2.75) is 43.7 Å². The Kier molecular flexibility index (Phi) is 8.71. The lowest BCUT2D eigenvalue weighted by Crippen LogP contribution is -2.46. The lowest BCUT2D eigenvalue weighted by molar-refractivity contribution is -0.139. The number of carbonyl (C=O) groups is 2. The van der Waals surface area contributed by atoms with Crippen LogP contribution >= 0.6 is 0 Å². The van der Waals surface area contributed by atoms with Gasteiger partial charge in [0.15, 0.2) is 0 Å². The third-order valence-corrected chi connectivity index (χ3v) is 6.08. The first-order valence-electron chi connectivity index (χ1n) is 9.82. The van der Waals surface area contributed by atoms with Gasteiger partial charge in [-0.15, -0.1) is 0 Å². The average molecular weight is 433 g/mol. The minimum Gasteiger partial charge on any atom is -0.480 e. The number of hydrogen-bond donors (Lipinski definition) is 3. The number of nitrogens with one attached hydrogen (secondary N) is 2. The molecule has 2 rings (SSSR count). The van der Waals surface area contributed by atoms with Crippen molar-refractivity contribution in [1.82, 2.24) is 10.0 Å². The van der Waals surface area contributed by atoms with E-state index in [9.17, 15) is 23.1 Å². The second-order valence-corrected chi connectivity index (χ2v) is 9.27. The van der Waals surface area contributed by atoms with E-state index in [0.29, 0.717) is 12.7 Å². The van der Waals surface area contributed by atoms with Gasteiger partial charge in [0.1, 0.15) is 12.3 Å². The van der Waals surface area contributed by atoms with Crippen LogP contribution in [0.2, 0.25) is 0 Å². The van der Waals surface area contributed by atoms with Crippen LogP contribution in [0.3, 0.4) is 0 Å². The summed E-state index contributed by atoms with van der Waals surface area (Å²) in [5, 5.41) is 12.2. The largest absolute Gasteiger partial charge is 0.480 e. The van der Waals surface area contributed by atoms with Gasteiger partial charge in [0.2, 0.25) is 10.0 Å². The molecule has 30 heavy (non-hydrogen) atoms. The molecule has 0 radical (unpaired) electrons. The van der Waals surface area contributed by atoms with E-state index in [4.69, 9.17) is 0 Å². The minimum absolute atomic E-state index is 0.0130. The first kappa shape index (κ1) is 23.7. The molecule has 0 aromatic heterocycles. The van der Waals surface area contributed by atoms with Crippen molar-refractivity contribution in [1.29, 1.82) is 0 Å². The molecule has 162 valence electrons. The quantitative estimate of drug-likeness (QED) is 0.445. The van der Waals surface area contributed by atoms with Gasteiger partial charge in [-0.05, 0) is 42.0 Å². The SMILES string of the molecule is CC(C)CC(C=O)NC(CCNS(=O)(=O)c1ccc(-c2ccccc2)cc1)C(=O)O. The summed E-state index contributed by atoms with van der Waals surface area (Å²) >= 11 is 0. The van der Waals surface area contributed by atoms with Crippen molar-refractivity contribution >= 4 is 22.3 Å². The van der Waals surface area contributed by atoms with Gasteiger partial charge in [0.05, 0.1) is 10.9 Å².